The van der Waals surface area contributed by atoms with E-state index in [9.17, 15) is 9.59 Å². The van der Waals surface area contributed by atoms with Crippen LogP contribution in [0.1, 0.15) is 53.4 Å². The highest BCUT2D eigenvalue weighted by Gasteiger charge is 2.29. The highest BCUT2D eigenvalue weighted by Crippen LogP contribution is 2.19. The van der Waals surface area contributed by atoms with Gasteiger partial charge >= 0.3 is 11.9 Å². The highest BCUT2D eigenvalue weighted by atomic mass is 35.5. The maximum atomic E-state index is 11.7. The SMILES string of the molecule is CCC[C@H](OC(=O)C(C)C)[C@@H](CCC)OC(=O)C(Cl)Cl. The topological polar surface area (TPSA) is 52.6 Å². The molecule has 0 aromatic rings. The van der Waals surface area contributed by atoms with Crippen LogP contribution in [-0.2, 0) is 19.1 Å². The van der Waals surface area contributed by atoms with Crippen molar-refractivity contribution in [3.63, 3.8) is 0 Å². The molecule has 0 aliphatic carbocycles. The lowest BCUT2D eigenvalue weighted by Crippen LogP contribution is -2.37. The van der Waals surface area contributed by atoms with Gasteiger partial charge in [0.05, 0.1) is 5.92 Å². The van der Waals surface area contributed by atoms with Crippen molar-refractivity contribution < 1.29 is 19.1 Å². The first-order valence-electron chi connectivity index (χ1n) is 7.02. The molecule has 0 aromatic carbocycles. The third kappa shape index (κ3) is 7.34. The Morgan fingerprint density at radius 3 is 1.60 bits per heavy atom. The molecule has 0 saturated heterocycles. The summed E-state index contributed by atoms with van der Waals surface area (Å²) in [5.41, 5.74) is 0. The van der Waals surface area contributed by atoms with Crippen molar-refractivity contribution in [2.45, 2.75) is 70.4 Å². The van der Waals surface area contributed by atoms with Gasteiger partial charge in [0, 0.05) is 0 Å². The van der Waals surface area contributed by atoms with E-state index in [1.54, 1.807) is 13.8 Å². The summed E-state index contributed by atoms with van der Waals surface area (Å²) < 4.78 is 10.7. The summed E-state index contributed by atoms with van der Waals surface area (Å²) in [6, 6.07) is 0. The van der Waals surface area contributed by atoms with E-state index in [0.29, 0.717) is 12.8 Å². The van der Waals surface area contributed by atoms with Gasteiger partial charge in [0.25, 0.3) is 0 Å². The van der Waals surface area contributed by atoms with Crippen LogP contribution in [0.5, 0.6) is 0 Å². The largest absolute Gasteiger partial charge is 0.458 e. The lowest BCUT2D eigenvalue weighted by Gasteiger charge is -2.27. The molecular formula is C14H24Cl2O4. The molecule has 0 aliphatic rings. The number of hydrogen-bond donors (Lipinski definition) is 0. The average molecular weight is 327 g/mol. The standard InChI is InChI=1S/C14H24Cl2O4/c1-5-7-10(19-13(17)9(3)4)11(8-6-2)20-14(18)12(15)16/h9-12H,5-8H2,1-4H3/t10-,11+/m0/s1. The van der Waals surface area contributed by atoms with Gasteiger partial charge in [-0.25, -0.2) is 4.79 Å². The smallest absolute Gasteiger partial charge is 0.339 e. The maximum absolute atomic E-state index is 11.7. The van der Waals surface area contributed by atoms with Crippen LogP contribution < -0.4 is 0 Å². The van der Waals surface area contributed by atoms with E-state index in [0.717, 1.165) is 12.8 Å². The van der Waals surface area contributed by atoms with E-state index in [1.165, 1.54) is 0 Å². The zero-order valence-electron chi connectivity index (χ0n) is 12.5. The average Bonchev–Trinajstić information content (AvgIpc) is 2.37. The summed E-state index contributed by atoms with van der Waals surface area (Å²) in [4.78, 5) is 22.0. The zero-order valence-corrected chi connectivity index (χ0v) is 14.0. The number of esters is 2. The fourth-order valence-electron chi connectivity index (χ4n) is 1.70. The van der Waals surface area contributed by atoms with Crippen molar-refractivity contribution in [3.05, 3.63) is 0 Å². The number of rotatable bonds is 9. The summed E-state index contributed by atoms with van der Waals surface area (Å²) >= 11 is 11.0. The van der Waals surface area contributed by atoms with E-state index in [2.05, 4.69) is 0 Å². The molecule has 2 atom stereocenters. The van der Waals surface area contributed by atoms with Gasteiger partial charge in [0.1, 0.15) is 12.2 Å². The second-order valence-electron chi connectivity index (χ2n) is 4.98. The van der Waals surface area contributed by atoms with Gasteiger partial charge in [-0.2, -0.15) is 0 Å². The van der Waals surface area contributed by atoms with Crippen molar-refractivity contribution in [2.24, 2.45) is 5.92 Å². The predicted octanol–water partition coefficient (Wildman–Crippen LogP) is 3.87. The minimum atomic E-state index is -1.22. The summed E-state index contributed by atoms with van der Waals surface area (Å²) in [6.07, 6.45) is 1.89. The van der Waals surface area contributed by atoms with Gasteiger partial charge in [-0.05, 0) is 12.8 Å². The number of hydrogen-bond acceptors (Lipinski definition) is 4. The second-order valence-corrected chi connectivity index (χ2v) is 6.08. The molecule has 0 aliphatic heterocycles. The number of halogens is 2. The van der Waals surface area contributed by atoms with E-state index >= 15 is 0 Å². The van der Waals surface area contributed by atoms with Crippen LogP contribution in [0.15, 0.2) is 0 Å². The summed E-state index contributed by atoms with van der Waals surface area (Å²) in [5.74, 6) is -1.22. The Balaban J connectivity index is 4.83. The Labute approximate surface area is 131 Å². The van der Waals surface area contributed by atoms with Gasteiger partial charge in [-0.3, -0.25) is 4.79 Å². The van der Waals surface area contributed by atoms with E-state index < -0.39 is 23.0 Å². The molecule has 0 rings (SSSR count). The third-order valence-electron chi connectivity index (χ3n) is 2.75. The molecule has 0 radical (unpaired) electrons. The Morgan fingerprint density at radius 1 is 0.900 bits per heavy atom. The monoisotopic (exact) mass is 326 g/mol. The van der Waals surface area contributed by atoms with E-state index in [-0.39, 0.29) is 11.9 Å². The lowest BCUT2D eigenvalue weighted by molar-refractivity contribution is -0.170. The molecule has 0 saturated carbocycles. The number of carbonyl (C=O) groups is 2. The van der Waals surface area contributed by atoms with Crippen molar-refractivity contribution in [1.29, 1.82) is 0 Å². The van der Waals surface area contributed by atoms with Crippen molar-refractivity contribution in [2.75, 3.05) is 0 Å². The Morgan fingerprint density at radius 2 is 1.30 bits per heavy atom. The molecule has 6 heteroatoms. The van der Waals surface area contributed by atoms with E-state index in [4.69, 9.17) is 32.7 Å². The molecule has 0 unspecified atom stereocenters. The highest BCUT2D eigenvalue weighted by molar-refractivity contribution is 6.52. The molecule has 0 N–H and O–H groups in total. The van der Waals surface area contributed by atoms with Crippen LogP contribution in [0, 0.1) is 5.92 Å². The normalized spacial score (nSPS) is 14.2. The molecule has 4 nitrogen and oxygen atoms in total. The molecule has 0 fully saturated rings. The van der Waals surface area contributed by atoms with Crippen molar-refractivity contribution in [3.8, 4) is 0 Å². The van der Waals surface area contributed by atoms with Crippen molar-refractivity contribution in [1.82, 2.24) is 0 Å². The van der Waals surface area contributed by atoms with Gasteiger partial charge in [-0.15, -0.1) is 0 Å². The number of ether oxygens (including phenoxy) is 2. The zero-order chi connectivity index (χ0) is 15.7. The maximum Gasteiger partial charge on any atom is 0.339 e. The first kappa shape index (κ1) is 19.5. The van der Waals surface area contributed by atoms with E-state index in [1.807, 2.05) is 13.8 Å². The quantitative estimate of drug-likeness (QED) is 0.476. The van der Waals surface area contributed by atoms with Gasteiger partial charge < -0.3 is 9.47 Å². The van der Waals surface area contributed by atoms with Crippen LogP contribution in [0.2, 0.25) is 0 Å². The van der Waals surface area contributed by atoms with Crippen LogP contribution in [0.3, 0.4) is 0 Å². The number of alkyl halides is 2. The van der Waals surface area contributed by atoms with Crippen LogP contribution in [-0.4, -0.2) is 29.0 Å². The molecule has 0 spiro atoms. The van der Waals surface area contributed by atoms with Crippen LogP contribution in [0.4, 0.5) is 0 Å². The molecule has 0 heterocycles. The molecule has 0 amide bonds. The first-order chi connectivity index (χ1) is 9.33. The minimum Gasteiger partial charge on any atom is -0.458 e. The Bertz CT molecular complexity index is 276. The summed E-state index contributed by atoms with van der Waals surface area (Å²) in [6.45, 7) is 7.47. The first-order valence-corrected chi connectivity index (χ1v) is 7.89. The lowest BCUT2D eigenvalue weighted by atomic mass is 10.0. The number of carbonyl (C=O) groups excluding carboxylic acids is 2. The Hall–Kier alpha value is -0.480. The fraction of sp³-hybridized carbons (Fsp3) is 0.857. The summed E-state index contributed by atoms with van der Waals surface area (Å²) in [5, 5.41) is 0. The predicted molar refractivity (Wildman–Crippen MR) is 79.9 cm³/mol. The third-order valence-corrected chi connectivity index (χ3v) is 3.10. The summed E-state index contributed by atoms with van der Waals surface area (Å²) in [7, 11) is 0. The van der Waals surface area contributed by atoms with Crippen LogP contribution in [0.25, 0.3) is 0 Å². The molecule has 118 valence electrons. The van der Waals surface area contributed by atoms with Crippen molar-refractivity contribution >= 4 is 35.1 Å². The molecule has 20 heavy (non-hydrogen) atoms. The fourth-order valence-corrected chi connectivity index (χ4v) is 1.80. The molecular weight excluding hydrogens is 303 g/mol. The van der Waals surface area contributed by atoms with Gasteiger partial charge in [0.15, 0.2) is 0 Å². The van der Waals surface area contributed by atoms with Gasteiger partial charge in [0.2, 0.25) is 4.84 Å². The Kier molecular flexibility index (Phi) is 10.0. The molecule has 0 aromatic heterocycles. The molecule has 0 bridgehead atoms. The second kappa shape index (κ2) is 10.3. The van der Waals surface area contributed by atoms with Gasteiger partial charge in [-0.1, -0.05) is 63.7 Å². The van der Waals surface area contributed by atoms with Crippen LogP contribution >= 0.6 is 23.2 Å². The minimum absolute atomic E-state index is 0.221.